The zero-order valence-corrected chi connectivity index (χ0v) is 13.0. The Kier molecular flexibility index (Phi) is 6.01. The van der Waals surface area contributed by atoms with Crippen molar-refractivity contribution in [1.29, 1.82) is 0 Å². The Bertz CT molecular complexity index is 400. The van der Waals surface area contributed by atoms with E-state index in [2.05, 4.69) is 5.43 Å². The number of rotatable bonds is 7. The number of methoxy groups -OCH3 is 2. The Morgan fingerprint density at radius 3 is 2.35 bits per heavy atom. The molecule has 1 saturated carbocycles. The second-order valence-electron chi connectivity index (χ2n) is 5.04. The number of hydrogen-bond acceptors (Lipinski definition) is 5. The molecule has 0 bridgehead atoms. The molecule has 4 nitrogen and oxygen atoms in total. The largest absolute Gasteiger partial charge is 0.496 e. The second kappa shape index (κ2) is 7.76. The number of hydrazine groups is 1. The lowest BCUT2D eigenvalue weighted by atomic mass is 10.1. The lowest BCUT2D eigenvalue weighted by Gasteiger charge is -2.22. The molecule has 5 heteroatoms. The highest BCUT2D eigenvalue weighted by Crippen LogP contribution is 2.37. The highest BCUT2D eigenvalue weighted by molar-refractivity contribution is 7.99. The maximum Gasteiger partial charge on any atom is 0.127 e. The van der Waals surface area contributed by atoms with Gasteiger partial charge in [-0.3, -0.25) is 11.3 Å². The topological polar surface area (TPSA) is 56.5 Å². The predicted molar refractivity (Wildman–Crippen MR) is 84.3 cm³/mol. The summed E-state index contributed by atoms with van der Waals surface area (Å²) >= 11 is 2.00. The van der Waals surface area contributed by atoms with Gasteiger partial charge in [-0.1, -0.05) is 18.9 Å². The van der Waals surface area contributed by atoms with Gasteiger partial charge in [0.05, 0.1) is 25.8 Å². The van der Waals surface area contributed by atoms with Crippen LogP contribution in [0.1, 0.15) is 37.3 Å². The van der Waals surface area contributed by atoms with Crippen molar-refractivity contribution in [2.45, 2.75) is 37.0 Å². The normalized spacial score (nSPS) is 17.1. The SMILES string of the molecule is COc1cccc(OC)c1C(CSC1CCCC1)NN. The Labute approximate surface area is 125 Å². The Morgan fingerprint density at radius 2 is 1.85 bits per heavy atom. The summed E-state index contributed by atoms with van der Waals surface area (Å²) in [5.74, 6) is 8.33. The van der Waals surface area contributed by atoms with Gasteiger partial charge in [-0.15, -0.1) is 0 Å². The minimum atomic E-state index is 0.0340. The van der Waals surface area contributed by atoms with E-state index in [0.717, 1.165) is 28.1 Å². The predicted octanol–water partition coefficient (Wildman–Crippen LogP) is 2.88. The molecule has 1 aromatic carbocycles. The molecule has 1 aromatic rings. The molecule has 1 aliphatic rings. The first-order valence-electron chi connectivity index (χ1n) is 7.08. The molecule has 0 aliphatic heterocycles. The van der Waals surface area contributed by atoms with E-state index in [1.807, 2.05) is 30.0 Å². The van der Waals surface area contributed by atoms with E-state index in [-0.39, 0.29) is 6.04 Å². The first-order valence-corrected chi connectivity index (χ1v) is 8.13. The fourth-order valence-corrected chi connectivity index (χ4v) is 4.12. The van der Waals surface area contributed by atoms with Crippen molar-refractivity contribution in [1.82, 2.24) is 5.43 Å². The minimum absolute atomic E-state index is 0.0340. The number of benzene rings is 1. The van der Waals surface area contributed by atoms with Gasteiger partial charge in [0.1, 0.15) is 11.5 Å². The molecular formula is C15H24N2O2S. The monoisotopic (exact) mass is 296 g/mol. The maximum absolute atomic E-state index is 5.76. The highest BCUT2D eigenvalue weighted by Gasteiger charge is 2.23. The third kappa shape index (κ3) is 3.59. The number of ether oxygens (including phenoxy) is 2. The molecule has 3 N–H and O–H groups in total. The minimum Gasteiger partial charge on any atom is -0.496 e. The molecule has 0 heterocycles. The van der Waals surface area contributed by atoms with E-state index in [4.69, 9.17) is 15.3 Å². The fourth-order valence-electron chi connectivity index (χ4n) is 2.73. The molecule has 1 fully saturated rings. The van der Waals surface area contributed by atoms with Crippen molar-refractivity contribution in [3.05, 3.63) is 23.8 Å². The summed E-state index contributed by atoms with van der Waals surface area (Å²) in [6.07, 6.45) is 5.36. The summed E-state index contributed by atoms with van der Waals surface area (Å²) < 4.78 is 10.9. The smallest absolute Gasteiger partial charge is 0.127 e. The van der Waals surface area contributed by atoms with Gasteiger partial charge in [-0.05, 0) is 25.0 Å². The van der Waals surface area contributed by atoms with Crippen LogP contribution in [0.15, 0.2) is 18.2 Å². The van der Waals surface area contributed by atoms with Crippen LogP contribution in [0.2, 0.25) is 0 Å². The van der Waals surface area contributed by atoms with E-state index in [1.54, 1.807) is 14.2 Å². The van der Waals surface area contributed by atoms with Gasteiger partial charge in [0.2, 0.25) is 0 Å². The molecule has 1 aliphatic carbocycles. The van der Waals surface area contributed by atoms with Crippen LogP contribution >= 0.6 is 11.8 Å². The van der Waals surface area contributed by atoms with E-state index in [0.29, 0.717) is 0 Å². The average molecular weight is 296 g/mol. The number of nitrogens with two attached hydrogens (primary N) is 1. The first-order chi connectivity index (χ1) is 9.80. The van der Waals surface area contributed by atoms with Crippen LogP contribution in [0, 0.1) is 0 Å². The Balaban J connectivity index is 2.12. The highest BCUT2D eigenvalue weighted by atomic mass is 32.2. The van der Waals surface area contributed by atoms with Gasteiger partial charge < -0.3 is 9.47 Å². The van der Waals surface area contributed by atoms with Crippen LogP contribution < -0.4 is 20.7 Å². The zero-order valence-electron chi connectivity index (χ0n) is 12.2. The summed E-state index contributed by atoms with van der Waals surface area (Å²) in [5.41, 5.74) is 3.92. The third-order valence-electron chi connectivity index (χ3n) is 3.82. The second-order valence-corrected chi connectivity index (χ2v) is 6.37. The summed E-state index contributed by atoms with van der Waals surface area (Å²) in [4.78, 5) is 0. The van der Waals surface area contributed by atoms with Crippen molar-refractivity contribution < 1.29 is 9.47 Å². The summed E-state index contributed by atoms with van der Waals surface area (Å²) in [6, 6.07) is 5.86. The third-order valence-corrected chi connectivity index (χ3v) is 5.28. The lowest BCUT2D eigenvalue weighted by Crippen LogP contribution is -2.30. The molecule has 112 valence electrons. The zero-order chi connectivity index (χ0) is 14.4. The standard InChI is InChI=1S/C15H24N2O2S/c1-18-13-8-5-9-14(19-2)15(13)12(17-16)10-20-11-6-3-4-7-11/h5,8-9,11-12,17H,3-4,6-7,10,16H2,1-2H3. The molecule has 0 aromatic heterocycles. The van der Waals surface area contributed by atoms with Crippen molar-refractivity contribution in [2.75, 3.05) is 20.0 Å². The maximum atomic E-state index is 5.76. The Hall–Kier alpha value is -0.910. The molecule has 1 unspecified atom stereocenters. The molecule has 0 saturated heterocycles. The molecule has 20 heavy (non-hydrogen) atoms. The van der Waals surface area contributed by atoms with Crippen molar-refractivity contribution in [2.24, 2.45) is 5.84 Å². The molecule has 0 amide bonds. The Morgan fingerprint density at radius 1 is 1.25 bits per heavy atom. The lowest BCUT2D eigenvalue weighted by molar-refractivity contribution is 0.375. The number of hydrogen-bond donors (Lipinski definition) is 2. The molecule has 2 rings (SSSR count). The first kappa shape index (κ1) is 15.5. The van der Waals surface area contributed by atoms with Gasteiger partial charge in [-0.25, -0.2) is 0 Å². The fraction of sp³-hybridized carbons (Fsp3) is 0.600. The van der Waals surface area contributed by atoms with E-state index < -0.39 is 0 Å². The van der Waals surface area contributed by atoms with Gasteiger partial charge in [0, 0.05) is 11.0 Å². The van der Waals surface area contributed by atoms with Crippen LogP contribution in [-0.4, -0.2) is 25.2 Å². The van der Waals surface area contributed by atoms with Crippen LogP contribution in [0.3, 0.4) is 0 Å². The molecular weight excluding hydrogens is 272 g/mol. The van der Waals surface area contributed by atoms with Crippen LogP contribution in [0.25, 0.3) is 0 Å². The van der Waals surface area contributed by atoms with Crippen LogP contribution in [-0.2, 0) is 0 Å². The van der Waals surface area contributed by atoms with Crippen molar-refractivity contribution >= 4 is 11.8 Å². The van der Waals surface area contributed by atoms with Gasteiger partial charge in [-0.2, -0.15) is 11.8 Å². The number of thioether (sulfide) groups is 1. The quantitative estimate of drug-likeness (QED) is 0.598. The average Bonchev–Trinajstić information content (AvgIpc) is 3.01. The van der Waals surface area contributed by atoms with Gasteiger partial charge >= 0.3 is 0 Å². The van der Waals surface area contributed by atoms with Crippen molar-refractivity contribution in [3.8, 4) is 11.5 Å². The van der Waals surface area contributed by atoms with Gasteiger partial charge in [0.25, 0.3) is 0 Å². The summed E-state index contributed by atoms with van der Waals surface area (Å²) in [7, 11) is 3.35. The molecule has 0 radical (unpaired) electrons. The van der Waals surface area contributed by atoms with E-state index in [1.165, 1.54) is 25.7 Å². The van der Waals surface area contributed by atoms with E-state index in [9.17, 15) is 0 Å². The van der Waals surface area contributed by atoms with E-state index >= 15 is 0 Å². The molecule has 0 spiro atoms. The summed E-state index contributed by atoms with van der Waals surface area (Å²) in [5, 5.41) is 0.770. The van der Waals surface area contributed by atoms with Crippen LogP contribution in [0.5, 0.6) is 11.5 Å². The molecule has 1 atom stereocenters. The van der Waals surface area contributed by atoms with Crippen molar-refractivity contribution in [3.63, 3.8) is 0 Å². The summed E-state index contributed by atoms with van der Waals surface area (Å²) in [6.45, 7) is 0. The number of nitrogens with one attached hydrogen (secondary N) is 1. The van der Waals surface area contributed by atoms with Gasteiger partial charge in [0.15, 0.2) is 0 Å². The van der Waals surface area contributed by atoms with Crippen LogP contribution in [0.4, 0.5) is 0 Å².